The van der Waals surface area contributed by atoms with Gasteiger partial charge in [0.05, 0.1) is 11.5 Å². The predicted molar refractivity (Wildman–Crippen MR) is 95.4 cm³/mol. The molecule has 2 heterocycles. The number of carbonyl (C=O) groups is 1. The van der Waals surface area contributed by atoms with E-state index in [0.29, 0.717) is 19.2 Å². The van der Waals surface area contributed by atoms with Crippen molar-refractivity contribution in [1.29, 1.82) is 0 Å². The molecule has 1 aromatic heterocycles. The smallest absolute Gasteiger partial charge is 0.261 e. The van der Waals surface area contributed by atoms with Gasteiger partial charge in [-0.25, -0.2) is 0 Å². The molecular weight excluding hydrogens is 308 g/mol. The van der Waals surface area contributed by atoms with Crippen LogP contribution in [0.25, 0.3) is 10.1 Å². The first-order valence-electron chi connectivity index (χ1n) is 8.30. The van der Waals surface area contributed by atoms with Crippen molar-refractivity contribution in [2.75, 3.05) is 26.8 Å². The fourth-order valence-electron chi connectivity index (χ4n) is 3.18. The van der Waals surface area contributed by atoms with Crippen LogP contribution in [0.3, 0.4) is 0 Å². The predicted octanol–water partition coefficient (Wildman–Crippen LogP) is 2.96. The van der Waals surface area contributed by atoms with E-state index in [1.807, 2.05) is 6.07 Å². The van der Waals surface area contributed by atoms with Gasteiger partial charge in [-0.2, -0.15) is 0 Å². The molecule has 23 heavy (non-hydrogen) atoms. The van der Waals surface area contributed by atoms with Crippen LogP contribution in [0.1, 0.15) is 34.5 Å². The average molecular weight is 332 g/mol. The Balaban J connectivity index is 1.86. The summed E-state index contributed by atoms with van der Waals surface area (Å²) < 4.78 is 6.21. The van der Waals surface area contributed by atoms with Gasteiger partial charge >= 0.3 is 0 Å². The lowest BCUT2D eigenvalue weighted by Crippen LogP contribution is -2.36. The molecule has 1 atom stereocenters. The normalized spacial score (nSPS) is 18.2. The second kappa shape index (κ2) is 7.90. The van der Waals surface area contributed by atoms with Gasteiger partial charge < -0.3 is 15.4 Å². The Labute approximate surface area is 141 Å². The summed E-state index contributed by atoms with van der Waals surface area (Å²) in [5.41, 5.74) is 1.19. The number of amides is 1. The van der Waals surface area contributed by atoms with Crippen LogP contribution in [-0.2, 0) is 11.2 Å². The number of methoxy groups -OCH3 is 1. The first kappa shape index (κ1) is 16.4. The van der Waals surface area contributed by atoms with Gasteiger partial charge in [0.2, 0.25) is 0 Å². The third kappa shape index (κ3) is 3.91. The van der Waals surface area contributed by atoms with Gasteiger partial charge in [-0.1, -0.05) is 24.6 Å². The number of ether oxygens (including phenoxy) is 1. The van der Waals surface area contributed by atoms with Gasteiger partial charge in [0.15, 0.2) is 0 Å². The number of hydrogen-bond acceptors (Lipinski definition) is 4. The molecular formula is C18H24N2O2S. The number of hydrogen-bond donors (Lipinski definition) is 2. The lowest BCUT2D eigenvalue weighted by atomic mass is 9.96. The topological polar surface area (TPSA) is 50.4 Å². The zero-order chi connectivity index (χ0) is 16.1. The van der Waals surface area contributed by atoms with Crippen molar-refractivity contribution in [1.82, 2.24) is 10.6 Å². The SMILES string of the molecule is COCCNC(=O)c1sc2ccccc2c1C[C@H]1CCCCN1. The standard InChI is InChI=1S/C18H24N2O2S/c1-22-11-10-20-18(21)17-15(12-13-6-4-5-9-19-13)14-7-2-3-8-16(14)23-17/h2-3,7-8,13,19H,4-6,9-12H2,1H3,(H,20,21)/t13-/m1/s1. The van der Waals surface area contributed by atoms with Crippen LogP contribution < -0.4 is 10.6 Å². The van der Waals surface area contributed by atoms with Gasteiger partial charge in [-0.05, 0) is 42.8 Å². The van der Waals surface area contributed by atoms with E-state index < -0.39 is 0 Å². The molecule has 3 rings (SSSR count). The molecule has 1 fully saturated rings. The van der Waals surface area contributed by atoms with Crippen molar-refractivity contribution in [2.45, 2.75) is 31.7 Å². The molecule has 0 saturated carbocycles. The highest BCUT2D eigenvalue weighted by Gasteiger charge is 2.22. The minimum atomic E-state index is 0.0223. The summed E-state index contributed by atoms with van der Waals surface area (Å²) in [6.45, 7) is 2.17. The van der Waals surface area contributed by atoms with E-state index in [1.165, 1.54) is 34.9 Å². The quantitative estimate of drug-likeness (QED) is 0.800. The van der Waals surface area contributed by atoms with Crippen LogP contribution in [0.2, 0.25) is 0 Å². The summed E-state index contributed by atoms with van der Waals surface area (Å²) in [4.78, 5) is 13.4. The van der Waals surface area contributed by atoms with Crippen LogP contribution in [0.5, 0.6) is 0 Å². The molecule has 0 radical (unpaired) electrons. The molecule has 2 N–H and O–H groups in total. The molecule has 0 aliphatic carbocycles. The van der Waals surface area contributed by atoms with E-state index in [1.54, 1.807) is 18.4 Å². The number of carbonyl (C=O) groups excluding carboxylic acids is 1. The van der Waals surface area contributed by atoms with Crippen LogP contribution in [0.4, 0.5) is 0 Å². The van der Waals surface area contributed by atoms with E-state index in [2.05, 4.69) is 28.8 Å². The van der Waals surface area contributed by atoms with Crippen molar-refractivity contribution < 1.29 is 9.53 Å². The maximum absolute atomic E-state index is 12.6. The summed E-state index contributed by atoms with van der Waals surface area (Å²) in [5.74, 6) is 0.0223. The second-order valence-electron chi connectivity index (χ2n) is 6.01. The van der Waals surface area contributed by atoms with E-state index in [-0.39, 0.29) is 5.91 Å². The molecule has 5 heteroatoms. The van der Waals surface area contributed by atoms with Gasteiger partial charge in [-0.15, -0.1) is 11.3 Å². The van der Waals surface area contributed by atoms with E-state index in [4.69, 9.17) is 4.74 Å². The Morgan fingerprint density at radius 1 is 1.39 bits per heavy atom. The van der Waals surface area contributed by atoms with Crippen molar-refractivity contribution in [3.63, 3.8) is 0 Å². The zero-order valence-electron chi connectivity index (χ0n) is 13.6. The molecule has 1 aliphatic heterocycles. The summed E-state index contributed by atoms with van der Waals surface area (Å²) in [6, 6.07) is 8.81. The maximum atomic E-state index is 12.6. The molecule has 0 unspecified atom stereocenters. The highest BCUT2D eigenvalue weighted by molar-refractivity contribution is 7.21. The minimum absolute atomic E-state index is 0.0223. The van der Waals surface area contributed by atoms with E-state index in [0.717, 1.165) is 17.8 Å². The molecule has 1 aliphatic rings. The van der Waals surface area contributed by atoms with Gasteiger partial charge in [-0.3, -0.25) is 4.79 Å². The highest BCUT2D eigenvalue weighted by atomic mass is 32.1. The lowest BCUT2D eigenvalue weighted by molar-refractivity contribution is 0.0940. The highest BCUT2D eigenvalue weighted by Crippen LogP contribution is 2.33. The number of thiophene rings is 1. The first-order valence-corrected chi connectivity index (χ1v) is 9.12. The Morgan fingerprint density at radius 3 is 3.04 bits per heavy atom. The third-order valence-electron chi connectivity index (χ3n) is 4.36. The fraction of sp³-hybridized carbons (Fsp3) is 0.500. The molecule has 1 amide bonds. The van der Waals surface area contributed by atoms with Crippen LogP contribution in [0.15, 0.2) is 24.3 Å². The average Bonchev–Trinajstić information content (AvgIpc) is 2.95. The molecule has 0 bridgehead atoms. The monoisotopic (exact) mass is 332 g/mol. The zero-order valence-corrected chi connectivity index (χ0v) is 14.4. The number of piperidine rings is 1. The third-order valence-corrected chi connectivity index (χ3v) is 5.57. The molecule has 2 aromatic rings. The van der Waals surface area contributed by atoms with Gasteiger partial charge in [0.1, 0.15) is 0 Å². The van der Waals surface area contributed by atoms with Crippen LogP contribution >= 0.6 is 11.3 Å². The summed E-state index contributed by atoms with van der Waals surface area (Å²) in [5, 5.41) is 7.78. The Morgan fingerprint density at radius 2 is 2.26 bits per heavy atom. The number of fused-ring (bicyclic) bond motifs is 1. The number of nitrogens with one attached hydrogen (secondary N) is 2. The van der Waals surface area contributed by atoms with Crippen LogP contribution in [-0.4, -0.2) is 38.8 Å². The molecule has 1 saturated heterocycles. The Hall–Kier alpha value is -1.43. The summed E-state index contributed by atoms with van der Waals surface area (Å²) in [7, 11) is 1.64. The first-order chi connectivity index (χ1) is 11.3. The number of benzene rings is 1. The fourth-order valence-corrected chi connectivity index (χ4v) is 4.33. The largest absolute Gasteiger partial charge is 0.383 e. The van der Waals surface area contributed by atoms with Crippen molar-refractivity contribution in [3.05, 3.63) is 34.7 Å². The van der Waals surface area contributed by atoms with Crippen molar-refractivity contribution in [2.24, 2.45) is 0 Å². The van der Waals surface area contributed by atoms with E-state index >= 15 is 0 Å². The maximum Gasteiger partial charge on any atom is 0.261 e. The second-order valence-corrected chi connectivity index (χ2v) is 7.06. The molecule has 0 spiro atoms. The Bertz CT molecular complexity index is 662. The van der Waals surface area contributed by atoms with Gasteiger partial charge in [0.25, 0.3) is 5.91 Å². The van der Waals surface area contributed by atoms with Crippen molar-refractivity contribution in [3.8, 4) is 0 Å². The molecule has 4 nitrogen and oxygen atoms in total. The Kier molecular flexibility index (Phi) is 5.65. The summed E-state index contributed by atoms with van der Waals surface area (Å²) >= 11 is 1.60. The van der Waals surface area contributed by atoms with E-state index in [9.17, 15) is 4.79 Å². The molecule has 1 aromatic carbocycles. The summed E-state index contributed by atoms with van der Waals surface area (Å²) in [6.07, 6.45) is 4.65. The minimum Gasteiger partial charge on any atom is -0.383 e. The van der Waals surface area contributed by atoms with Crippen LogP contribution in [0, 0.1) is 0 Å². The van der Waals surface area contributed by atoms with Gasteiger partial charge in [0, 0.05) is 24.4 Å². The lowest BCUT2D eigenvalue weighted by Gasteiger charge is -2.23. The number of rotatable bonds is 6. The van der Waals surface area contributed by atoms with Crippen molar-refractivity contribution >= 4 is 27.3 Å². The molecule has 124 valence electrons.